The molecule has 25 heavy (non-hydrogen) atoms. The number of rotatable bonds is 5. The molecule has 4 N–H and O–H groups in total. The Labute approximate surface area is 150 Å². The van der Waals surface area contributed by atoms with Crippen LogP contribution in [-0.4, -0.2) is 27.1 Å². The molecule has 3 rings (SSSR count). The van der Waals surface area contributed by atoms with Gasteiger partial charge < -0.3 is 11.1 Å². The molecule has 2 heterocycles. The summed E-state index contributed by atoms with van der Waals surface area (Å²) in [5.74, 6) is 0.270. The van der Waals surface area contributed by atoms with Gasteiger partial charge in [-0.05, 0) is 43.2 Å². The maximum Gasteiger partial charge on any atom is 0.242 e. The van der Waals surface area contributed by atoms with Crippen molar-refractivity contribution in [1.82, 2.24) is 15.2 Å². The zero-order valence-electron chi connectivity index (χ0n) is 13.7. The Morgan fingerprint density at radius 2 is 1.92 bits per heavy atom. The van der Waals surface area contributed by atoms with Gasteiger partial charge >= 0.3 is 0 Å². The summed E-state index contributed by atoms with van der Waals surface area (Å²) in [5.41, 5.74) is 9.50. The molecule has 0 spiro atoms. The van der Waals surface area contributed by atoms with E-state index in [-0.39, 0.29) is 5.91 Å². The number of carbonyl (C=O) groups excluding carboxylic acids is 1. The lowest BCUT2D eigenvalue weighted by molar-refractivity contribution is -0.117. The van der Waals surface area contributed by atoms with Crippen LogP contribution >= 0.6 is 11.6 Å². The van der Waals surface area contributed by atoms with Crippen LogP contribution in [0.25, 0.3) is 11.3 Å². The quantitative estimate of drug-likeness (QED) is 0.655. The van der Waals surface area contributed by atoms with E-state index in [1.165, 1.54) is 0 Å². The summed E-state index contributed by atoms with van der Waals surface area (Å²) >= 11 is 5.86. The minimum absolute atomic E-state index is 0.275. The molecule has 0 aliphatic rings. The lowest BCUT2D eigenvalue weighted by Gasteiger charge is -2.12. The summed E-state index contributed by atoms with van der Waals surface area (Å²) in [6.07, 6.45) is 3.82. The molecule has 1 atom stereocenters. The maximum absolute atomic E-state index is 12.4. The Bertz CT molecular complexity index is 861. The van der Waals surface area contributed by atoms with E-state index in [4.69, 9.17) is 17.3 Å². The van der Waals surface area contributed by atoms with Gasteiger partial charge in [-0.15, -0.1) is 0 Å². The van der Waals surface area contributed by atoms with Crippen molar-refractivity contribution in [3.05, 3.63) is 64.9 Å². The molecular formula is C18H18ClN5O. The second-order valence-electron chi connectivity index (χ2n) is 5.73. The van der Waals surface area contributed by atoms with Crippen LogP contribution in [0.3, 0.4) is 0 Å². The fourth-order valence-corrected chi connectivity index (χ4v) is 2.62. The number of amides is 1. The van der Waals surface area contributed by atoms with E-state index in [2.05, 4.69) is 20.5 Å². The third kappa shape index (κ3) is 4.04. The maximum atomic E-state index is 12.4. The Morgan fingerprint density at radius 1 is 1.24 bits per heavy atom. The standard InChI is InChI=1S/C18H18ClN5O/c1-11-16(13-6-8-21-9-7-13)23-24-17(11)22-18(25)15(20)10-12-2-4-14(19)5-3-12/h2-9,15H,10,20H2,1H3,(H2,22,23,24,25)/t15-/m0/s1. The fraction of sp³-hybridized carbons (Fsp3) is 0.167. The number of nitrogens with two attached hydrogens (primary N) is 1. The number of pyridine rings is 1. The number of hydrogen-bond acceptors (Lipinski definition) is 4. The van der Waals surface area contributed by atoms with Crippen molar-refractivity contribution in [3.8, 4) is 11.3 Å². The molecule has 0 saturated heterocycles. The molecule has 6 nitrogen and oxygen atoms in total. The third-order valence-corrected chi connectivity index (χ3v) is 4.17. The number of halogens is 1. The van der Waals surface area contributed by atoms with Gasteiger partial charge in [0.2, 0.25) is 5.91 Å². The highest BCUT2D eigenvalue weighted by Gasteiger charge is 2.18. The van der Waals surface area contributed by atoms with Crippen molar-refractivity contribution in [1.29, 1.82) is 0 Å². The molecule has 3 aromatic rings. The molecule has 0 aliphatic carbocycles. The molecule has 0 radical (unpaired) electrons. The average molecular weight is 356 g/mol. The summed E-state index contributed by atoms with van der Waals surface area (Å²) in [6.45, 7) is 1.89. The number of nitrogens with one attached hydrogen (secondary N) is 2. The van der Waals surface area contributed by atoms with E-state index in [1.54, 1.807) is 24.5 Å². The summed E-state index contributed by atoms with van der Waals surface area (Å²) < 4.78 is 0. The molecule has 1 amide bonds. The number of carbonyl (C=O) groups is 1. The highest BCUT2D eigenvalue weighted by molar-refractivity contribution is 6.30. The van der Waals surface area contributed by atoms with Crippen molar-refractivity contribution in [3.63, 3.8) is 0 Å². The summed E-state index contributed by atoms with van der Waals surface area (Å²) in [4.78, 5) is 16.4. The summed E-state index contributed by atoms with van der Waals surface area (Å²) in [5, 5.41) is 10.6. The molecule has 0 aliphatic heterocycles. The summed E-state index contributed by atoms with van der Waals surface area (Å²) in [7, 11) is 0. The SMILES string of the molecule is Cc1c(-c2ccncc2)n[nH]c1NC(=O)[C@@H](N)Cc1ccc(Cl)cc1. The number of benzene rings is 1. The molecular weight excluding hydrogens is 338 g/mol. The van der Waals surface area contributed by atoms with Crippen molar-refractivity contribution >= 4 is 23.3 Å². The predicted octanol–water partition coefficient (Wildman–Crippen LogP) is 2.94. The predicted molar refractivity (Wildman–Crippen MR) is 98.3 cm³/mol. The molecule has 128 valence electrons. The number of aromatic nitrogens is 3. The lowest BCUT2D eigenvalue weighted by Crippen LogP contribution is -2.37. The molecule has 0 unspecified atom stereocenters. The first-order valence-electron chi connectivity index (χ1n) is 7.81. The van der Waals surface area contributed by atoms with Crippen molar-refractivity contribution in [2.24, 2.45) is 5.73 Å². The van der Waals surface area contributed by atoms with Gasteiger partial charge in [0.25, 0.3) is 0 Å². The van der Waals surface area contributed by atoms with Gasteiger partial charge in [-0.2, -0.15) is 5.10 Å². The molecule has 1 aromatic carbocycles. The topological polar surface area (TPSA) is 96.7 Å². The minimum Gasteiger partial charge on any atom is -0.320 e. The van der Waals surface area contributed by atoms with Crippen LogP contribution in [-0.2, 0) is 11.2 Å². The van der Waals surface area contributed by atoms with Crippen LogP contribution in [0.5, 0.6) is 0 Å². The van der Waals surface area contributed by atoms with Gasteiger partial charge in [-0.3, -0.25) is 14.9 Å². The van der Waals surface area contributed by atoms with Gasteiger partial charge in [0, 0.05) is 28.5 Å². The van der Waals surface area contributed by atoms with E-state index < -0.39 is 6.04 Å². The van der Waals surface area contributed by atoms with Gasteiger partial charge in [0.05, 0.1) is 11.7 Å². The highest BCUT2D eigenvalue weighted by atomic mass is 35.5. The van der Waals surface area contributed by atoms with Crippen LogP contribution in [0.4, 0.5) is 5.82 Å². The monoisotopic (exact) mass is 355 g/mol. The van der Waals surface area contributed by atoms with Crippen LogP contribution in [0.2, 0.25) is 5.02 Å². The van der Waals surface area contributed by atoms with Gasteiger partial charge in [-0.25, -0.2) is 0 Å². The number of anilines is 1. The zero-order valence-corrected chi connectivity index (χ0v) is 14.4. The Balaban J connectivity index is 1.68. The Hall–Kier alpha value is -2.70. The largest absolute Gasteiger partial charge is 0.320 e. The first kappa shape index (κ1) is 17.1. The lowest BCUT2D eigenvalue weighted by atomic mass is 10.1. The van der Waals surface area contributed by atoms with Crippen LogP contribution in [0.15, 0.2) is 48.8 Å². The number of aromatic amines is 1. The molecule has 2 aromatic heterocycles. The molecule has 0 saturated carbocycles. The van der Waals surface area contributed by atoms with E-state index in [1.807, 2.05) is 31.2 Å². The smallest absolute Gasteiger partial charge is 0.242 e. The zero-order chi connectivity index (χ0) is 17.8. The highest BCUT2D eigenvalue weighted by Crippen LogP contribution is 2.25. The van der Waals surface area contributed by atoms with Gasteiger partial charge in [0.1, 0.15) is 5.82 Å². The van der Waals surface area contributed by atoms with Gasteiger partial charge in [0.15, 0.2) is 0 Å². The minimum atomic E-state index is -0.673. The summed E-state index contributed by atoms with van der Waals surface area (Å²) in [6, 6.07) is 10.3. The first-order chi connectivity index (χ1) is 12.0. The van der Waals surface area contributed by atoms with Crippen LogP contribution in [0.1, 0.15) is 11.1 Å². The van der Waals surface area contributed by atoms with Crippen molar-refractivity contribution < 1.29 is 4.79 Å². The second-order valence-corrected chi connectivity index (χ2v) is 6.17. The number of H-pyrrole nitrogens is 1. The molecule has 7 heteroatoms. The number of nitrogens with zero attached hydrogens (tertiary/aromatic N) is 2. The average Bonchev–Trinajstić information content (AvgIpc) is 2.98. The van der Waals surface area contributed by atoms with E-state index in [9.17, 15) is 4.79 Å². The van der Waals surface area contributed by atoms with Crippen molar-refractivity contribution in [2.75, 3.05) is 5.32 Å². The van der Waals surface area contributed by atoms with Gasteiger partial charge in [-0.1, -0.05) is 23.7 Å². The van der Waals surface area contributed by atoms with E-state index >= 15 is 0 Å². The Morgan fingerprint density at radius 3 is 2.60 bits per heavy atom. The molecule has 0 fully saturated rings. The van der Waals surface area contributed by atoms with E-state index in [0.29, 0.717) is 17.3 Å². The normalized spacial score (nSPS) is 12.0. The first-order valence-corrected chi connectivity index (χ1v) is 8.18. The van der Waals surface area contributed by atoms with Crippen molar-refractivity contribution in [2.45, 2.75) is 19.4 Å². The Kier molecular flexibility index (Phi) is 5.11. The second kappa shape index (κ2) is 7.46. The fourth-order valence-electron chi connectivity index (χ4n) is 2.49. The van der Waals surface area contributed by atoms with Crippen LogP contribution < -0.4 is 11.1 Å². The number of hydrogen-bond donors (Lipinski definition) is 3. The third-order valence-electron chi connectivity index (χ3n) is 3.92. The van der Waals surface area contributed by atoms with Crippen LogP contribution in [0, 0.1) is 6.92 Å². The van der Waals surface area contributed by atoms with E-state index in [0.717, 1.165) is 22.4 Å². The molecule has 0 bridgehead atoms.